The highest BCUT2D eigenvalue weighted by Crippen LogP contribution is 2.28. The standard InChI is InChI=1S/C20H21FN4O3S2/c21-16-4-1-3-14(13-16)7-10-22-20(26)15-8-11-25(12-9-15)30(27,28)18-6-2-5-17-19(18)24-29-23-17/h1-6,13,15H,7-12H2,(H,22,26). The zero-order chi connectivity index (χ0) is 21.1. The Morgan fingerprint density at radius 1 is 1.17 bits per heavy atom. The highest BCUT2D eigenvalue weighted by Gasteiger charge is 2.33. The van der Waals surface area contributed by atoms with Crippen LogP contribution < -0.4 is 5.32 Å². The molecule has 0 saturated carbocycles. The predicted octanol–water partition coefficient (Wildman–Crippen LogP) is 2.59. The van der Waals surface area contributed by atoms with E-state index in [4.69, 9.17) is 0 Å². The number of sulfonamides is 1. The number of halogens is 1. The van der Waals surface area contributed by atoms with Crippen LogP contribution in [0.5, 0.6) is 0 Å². The number of benzene rings is 2. The van der Waals surface area contributed by atoms with E-state index in [1.54, 1.807) is 24.3 Å². The Hall–Kier alpha value is -2.43. The maximum absolute atomic E-state index is 13.2. The van der Waals surface area contributed by atoms with Gasteiger partial charge in [-0.3, -0.25) is 4.79 Å². The molecule has 1 amide bonds. The first kappa shape index (κ1) is 20.8. The van der Waals surface area contributed by atoms with Crippen molar-refractivity contribution in [3.05, 3.63) is 53.8 Å². The molecule has 3 aromatic rings. The number of carbonyl (C=O) groups excluding carboxylic acids is 1. The van der Waals surface area contributed by atoms with Crippen molar-refractivity contribution in [2.45, 2.75) is 24.2 Å². The van der Waals surface area contributed by atoms with Crippen molar-refractivity contribution in [3.63, 3.8) is 0 Å². The minimum Gasteiger partial charge on any atom is -0.356 e. The predicted molar refractivity (Wildman–Crippen MR) is 112 cm³/mol. The van der Waals surface area contributed by atoms with Crippen LogP contribution >= 0.6 is 11.7 Å². The molecule has 2 heterocycles. The SMILES string of the molecule is O=C(NCCc1cccc(F)c1)C1CCN(S(=O)(=O)c2cccc3nsnc23)CC1. The molecule has 4 rings (SSSR count). The molecule has 1 aliphatic heterocycles. The molecule has 2 aromatic carbocycles. The summed E-state index contributed by atoms with van der Waals surface area (Å²) in [5.74, 6) is -0.619. The molecule has 0 bridgehead atoms. The highest BCUT2D eigenvalue weighted by atomic mass is 32.2. The van der Waals surface area contributed by atoms with E-state index in [1.807, 2.05) is 6.07 Å². The number of hydrogen-bond donors (Lipinski definition) is 1. The lowest BCUT2D eigenvalue weighted by molar-refractivity contribution is -0.126. The van der Waals surface area contributed by atoms with Gasteiger partial charge in [-0.05, 0) is 49.1 Å². The number of carbonyl (C=O) groups is 1. The minimum atomic E-state index is -3.69. The van der Waals surface area contributed by atoms with Gasteiger partial charge in [-0.2, -0.15) is 13.1 Å². The zero-order valence-electron chi connectivity index (χ0n) is 16.1. The van der Waals surface area contributed by atoms with Crippen LogP contribution in [-0.4, -0.2) is 47.0 Å². The molecule has 0 atom stereocenters. The molecular weight excluding hydrogens is 427 g/mol. The second-order valence-electron chi connectivity index (χ2n) is 7.24. The summed E-state index contributed by atoms with van der Waals surface area (Å²) in [5, 5.41) is 2.88. The van der Waals surface area contributed by atoms with Crippen molar-refractivity contribution in [1.82, 2.24) is 18.4 Å². The maximum Gasteiger partial charge on any atom is 0.245 e. The molecule has 1 aliphatic rings. The second kappa shape index (κ2) is 8.75. The summed E-state index contributed by atoms with van der Waals surface area (Å²) in [7, 11) is -3.69. The van der Waals surface area contributed by atoms with E-state index < -0.39 is 10.0 Å². The molecule has 0 aliphatic carbocycles. The lowest BCUT2D eigenvalue weighted by Gasteiger charge is -2.30. The Morgan fingerprint density at radius 3 is 2.70 bits per heavy atom. The summed E-state index contributed by atoms with van der Waals surface area (Å²) >= 11 is 0.984. The summed E-state index contributed by atoms with van der Waals surface area (Å²) in [4.78, 5) is 12.6. The molecule has 7 nitrogen and oxygen atoms in total. The minimum absolute atomic E-state index is 0.0887. The number of fused-ring (bicyclic) bond motifs is 1. The third-order valence-electron chi connectivity index (χ3n) is 5.29. The fourth-order valence-corrected chi connectivity index (χ4v) is 5.88. The van der Waals surface area contributed by atoms with Crippen LogP contribution in [0.15, 0.2) is 47.4 Å². The van der Waals surface area contributed by atoms with Gasteiger partial charge in [0.05, 0.1) is 11.7 Å². The van der Waals surface area contributed by atoms with Crippen LogP contribution in [0, 0.1) is 11.7 Å². The third kappa shape index (κ3) is 4.35. The lowest BCUT2D eigenvalue weighted by atomic mass is 9.97. The number of nitrogens with zero attached hydrogens (tertiary/aromatic N) is 3. The topological polar surface area (TPSA) is 92.3 Å². The van der Waals surface area contributed by atoms with Gasteiger partial charge in [0.15, 0.2) is 0 Å². The fourth-order valence-electron chi connectivity index (χ4n) is 3.65. The first-order valence-corrected chi connectivity index (χ1v) is 11.9. The Labute approximate surface area is 178 Å². The van der Waals surface area contributed by atoms with Crippen molar-refractivity contribution in [1.29, 1.82) is 0 Å². The van der Waals surface area contributed by atoms with Gasteiger partial charge in [-0.15, -0.1) is 0 Å². The van der Waals surface area contributed by atoms with Gasteiger partial charge >= 0.3 is 0 Å². The van der Waals surface area contributed by atoms with Gasteiger partial charge in [0.1, 0.15) is 21.7 Å². The van der Waals surface area contributed by atoms with E-state index in [1.165, 1.54) is 16.4 Å². The van der Waals surface area contributed by atoms with Gasteiger partial charge < -0.3 is 5.32 Å². The van der Waals surface area contributed by atoms with E-state index in [-0.39, 0.29) is 35.6 Å². The molecular formula is C20H21FN4O3S2. The largest absolute Gasteiger partial charge is 0.356 e. The average molecular weight is 449 g/mol. The quantitative estimate of drug-likeness (QED) is 0.626. The van der Waals surface area contributed by atoms with Crippen LogP contribution in [-0.2, 0) is 21.2 Å². The molecule has 0 unspecified atom stereocenters. The van der Waals surface area contributed by atoms with Crippen molar-refractivity contribution >= 4 is 38.7 Å². The van der Waals surface area contributed by atoms with Crippen molar-refractivity contribution < 1.29 is 17.6 Å². The van der Waals surface area contributed by atoms with Crippen molar-refractivity contribution in [2.24, 2.45) is 5.92 Å². The molecule has 158 valence electrons. The fraction of sp³-hybridized carbons (Fsp3) is 0.350. The Bertz CT molecular complexity index is 1160. The molecule has 1 aromatic heterocycles. The Balaban J connectivity index is 1.33. The summed E-state index contributed by atoms with van der Waals surface area (Å²) in [6.45, 7) is 0.968. The number of amides is 1. The number of rotatable bonds is 6. The summed E-state index contributed by atoms with van der Waals surface area (Å²) < 4.78 is 49.0. The van der Waals surface area contributed by atoms with Gasteiger partial charge in [-0.1, -0.05) is 18.2 Å². The molecule has 0 radical (unpaired) electrons. The van der Waals surface area contributed by atoms with Gasteiger partial charge in [-0.25, -0.2) is 12.8 Å². The molecule has 0 spiro atoms. The van der Waals surface area contributed by atoms with Crippen molar-refractivity contribution in [2.75, 3.05) is 19.6 Å². The van der Waals surface area contributed by atoms with E-state index in [0.29, 0.717) is 36.8 Å². The average Bonchev–Trinajstić information content (AvgIpc) is 3.22. The molecule has 30 heavy (non-hydrogen) atoms. The van der Waals surface area contributed by atoms with Crippen LogP contribution in [0.2, 0.25) is 0 Å². The summed E-state index contributed by atoms with van der Waals surface area (Å²) in [6.07, 6.45) is 1.45. The van der Waals surface area contributed by atoms with E-state index in [2.05, 4.69) is 14.1 Å². The third-order valence-corrected chi connectivity index (χ3v) is 7.77. The van der Waals surface area contributed by atoms with Crippen LogP contribution in [0.3, 0.4) is 0 Å². The Kier molecular flexibility index (Phi) is 6.07. The normalized spacial score (nSPS) is 16.0. The van der Waals surface area contributed by atoms with Crippen LogP contribution in [0.25, 0.3) is 11.0 Å². The van der Waals surface area contributed by atoms with Crippen LogP contribution in [0.1, 0.15) is 18.4 Å². The first-order valence-electron chi connectivity index (χ1n) is 9.69. The number of hydrogen-bond acceptors (Lipinski definition) is 6. The van der Waals surface area contributed by atoms with Gasteiger partial charge in [0.25, 0.3) is 0 Å². The first-order chi connectivity index (χ1) is 14.4. The molecule has 10 heteroatoms. The number of aromatic nitrogens is 2. The Morgan fingerprint density at radius 2 is 1.93 bits per heavy atom. The molecule has 1 saturated heterocycles. The van der Waals surface area contributed by atoms with E-state index in [0.717, 1.165) is 17.3 Å². The monoisotopic (exact) mass is 448 g/mol. The molecule has 1 N–H and O–H groups in total. The van der Waals surface area contributed by atoms with Gasteiger partial charge in [0.2, 0.25) is 15.9 Å². The van der Waals surface area contributed by atoms with E-state index >= 15 is 0 Å². The second-order valence-corrected chi connectivity index (χ2v) is 9.67. The van der Waals surface area contributed by atoms with Crippen molar-refractivity contribution in [3.8, 4) is 0 Å². The summed E-state index contributed by atoms with van der Waals surface area (Å²) in [6, 6.07) is 11.2. The van der Waals surface area contributed by atoms with E-state index in [9.17, 15) is 17.6 Å². The van der Waals surface area contributed by atoms with Gasteiger partial charge in [0, 0.05) is 25.6 Å². The van der Waals surface area contributed by atoms with Crippen LogP contribution in [0.4, 0.5) is 4.39 Å². The number of nitrogens with one attached hydrogen (secondary N) is 1. The lowest BCUT2D eigenvalue weighted by Crippen LogP contribution is -2.43. The smallest absolute Gasteiger partial charge is 0.245 e. The highest BCUT2D eigenvalue weighted by molar-refractivity contribution is 7.89. The molecule has 1 fully saturated rings. The number of piperidine rings is 1. The summed E-state index contributed by atoms with van der Waals surface area (Å²) in [5.41, 5.74) is 1.77. The zero-order valence-corrected chi connectivity index (χ0v) is 17.8. The maximum atomic E-state index is 13.2.